The summed E-state index contributed by atoms with van der Waals surface area (Å²) < 4.78 is 5.15. The van der Waals surface area contributed by atoms with E-state index in [9.17, 15) is 14.4 Å². The Hall–Kier alpha value is -4.35. The Morgan fingerprint density at radius 2 is 1.60 bits per heavy atom. The molecule has 10 heteroatoms. The number of fused-ring (bicyclic) bond motifs is 1. The molecule has 0 unspecified atom stereocenters. The SMILES string of the molecule is COCCN1CCN(CCONC(=O)c2ccc(N/C(=C3\C(=O)Nc4cc(C=O)ccc43)c3ccccc3)cc2)CC1. The van der Waals surface area contributed by atoms with E-state index < -0.39 is 0 Å². The van der Waals surface area contributed by atoms with Crippen molar-refractivity contribution >= 4 is 40.7 Å². The second kappa shape index (κ2) is 14.0. The number of carbonyl (C=O) groups is 3. The first-order valence-corrected chi connectivity index (χ1v) is 14.0. The van der Waals surface area contributed by atoms with Gasteiger partial charge in [0.05, 0.1) is 24.5 Å². The fourth-order valence-corrected chi connectivity index (χ4v) is 5.05. The monoisotopic (exact) mass is 569 g/mol. The predicted molar refractivity (Wildman–Crippen MR) is 162 cm³/mol. The van der Waals surface area contributed by atoms with E-state index >= 15 is 0 Å². The zero-order chi connectivity index (χ0) is 29.3. The van der Waals surface area contributed by atoms with Crippen LogP contribution in [0.4, 0.5) is 11.4 Å². The Bertz CT molecular complexity index is 1430. The van der Waals surface area contributed by atoms with E-state index in [1.807, 2.05) is 30.3 Å². The van der Waals surface area contributed by atoms with Crippen LogP contribution < -0.4 is 16.1 Å². The Balaban J connectivity index is 1.20. The van der Waals surface area contributed by atoms with Crippen LogP contribution in [0.5, 0.6) is 0 Å². The van der Waals surface area contributed by atoms with Crippen molar-refractivity contribution < 1.29 is 24.0 Å². The molecule has 2 aliphatic rings. The van der Waals surface area contributed by atoms with Crippen molar-refractivity contribution in [2.24, 2.45) is 0 Å². The topological polar surface area (TPSA) is 112 Å². The molecule has 218 valence electrons. The Kier molecular flexibility index (Phi) is 9.73. The molecular weight excluding hydrogens is 534 g/mol. The summed E-state index contributed by atoms with van der Waals surface area (Å²) in [6, 6.07) is 21.6. The maximum atomic E-state index is 13.1. The van der Waals surface area contributed by atoms with Gasteiger partial charge >= 0.3 is 0 Å². The maximum absolute atomic E-state index is 13.1. The van der Waals surface area contributed by atoms with Gasteiger partial charge in [-0.05, 0) is 35.9 Å². The highest BCUT2D eigenvalue weighted by molar-refractivity contribution is 6.37. The Morgan fingerprint density at radius 3 is 2.26 bits per heavy atom. The molecule has 3 aromatic rings. The van der Waals surface area contributed by atoms with Gasteiger partial charge in [-0.2, -0.15) is 0 Å². The zero-order valence-electron chi connectivity index (χ0n) is 23.6. The van der Waals surface area contributed by atoms with E-state index in [1.54, 1.807) is 49.6 Å². The smallest absolute Gasteiger partial charge is 0.274 e. The number of nitrogens with zero attached hydrogens (tertiary/aromatic N) is 2. The molecule has 1 saturated heterocycles. The molecule has 0 radical (unpaired) electrons. The molecule has 3 N–H and O–H groups in total. The van der Waals surface area contributed by atoms with Gasteiger partial charge in [0.15, 0.2) is 0 Å². The predicted octanol–water partition coefficient (Wildman–Crippen LogP) is 3.36. The molecule has 0 bridgehead atoms. The van der Waals surface area contributed by atoms with Gasteiger partial charge in [0.25, 0.3) is 11.8 Å². The van der Waals surface area contributed by atoms with Crippen LogP contribution in [0.2, 0.25) is 0 Å². The standard InChI is InChI=1S/C32H35N5O5/c1-41-19-17-36-13-15-37(16-14-36)18-20-42-35-31(39)25-8-10-26(11-9-25)33-30(24-5-3-2-4-6-24)29-27-12-7-23(22-38)21-28(27)34-32(29)40/h2-12,21-22,33H,13-20H2,1H3,(H,34,40)(H,35,39)/b30-29-. The van der Waals surface area contributed by atoms with Crippen LogP contribution >= 0.6 is 0 Å². The summed E-state index contributed by atoms with van der Waals surface area (Å²) >= 11 is 0. The highest BCUT2D eigenvalue weighted by atomic mass is 16.7. The molecule has 3 aromatic carbocycles. The summed E-state index contributed by atoms with van der Waals surface area (Å²) in [5.41, 5.74) is 7.38. The van der Waals surface area contributed by atoms with Crippen LogP contribution in [-0.2, 0) is 14.4 Å². The largest absolute Gasteiger partial charge is 0.383 e. The summed E-state index contributed by atoms with van der Waals surface area (Å²) in [4.78, 5) is 47.1. The second-order valence-corrected chi connectivity index (χ2v) is 10.2. The number of anilines is 2. The minimum Gasteiger partial charge on any atom is -0.383 e. The van der Waals surface area contributed by atoms with Gasteiger partial charge in [-0.1, -0.05) is 42.5 Å². The van der Waals surface area contributed by atoms with Crippen LogP contribution in [-0.4, -0.2) is 87.5 Å². The molecule has 1 fully saturated rings. The van der Waals surface area contributed by atoms with Crippen LogP contribution in [0.15, 0.2) is 72.8 Å². The Morgan fingerprint density at radius 1 is 0.905 bits per heavy atom. The van der Waals surface area contributed by atoms with E-state index in [2.05, 4.69) is 25.9 Å². The molecule has 5 rings (SSSR count). The van der Waals surface area contributed by atoms with Crippen LogP contribution in [0, 0.1) is 0 Å². The van der Waals surface area contributed by atoms with E-state index in [1.165, 1.54) is 0 Å². The van der Waals surface area contributed by atoms with Gasteiger partial charge < -0.3 is 15.4 Å². The quantitative estimate of drug-likeness (QED) is 0.132. The van der Waals surface area contributed by atoms with Crippen LogP contribution in [0.1, 0.15) is 31.8 Å². The van der Waals surface area contributed by atoms with Crippen molar-refractivity contribution in [1.29, 1.82) is 0 Å². The number of hydrogen-bond acceptors (Lipinski definition) is 8. The van der Waals surface area contributed by atoms with Crippen molar-refractivity contribution in [1.82, 2.24) is 15.3 Å². The van der Waals surface area contributed by atoms with Gasteiger partial charge in [0.2, 0.25) is 0 Å². The summed E-state index contributed by atoms with van der Waals surface area (Å²) in [7, 11) is 1.72. The molecule has 42 heavy (non-hydrogen) atoms. The minimum atomic E-state index is -0.331. The molecule has 0 aromatic heterocycles. The summed E-state index contributed by atoms with van der Waals surface area (Å²) in [6.45, 7) is 6.75. The van der Waals surface area contributed by atoms with Crippen molar-refractivity contribution in [3.8, 4) is 0 Å². The summed E-state index contributed by atoms with van der Waals surface area (Å²) in [5.74, 6) is -0.594. The molecule has 2 amide bonds. The molecule has 0 aliphatic carbocycles. The first-order valence-electron chi connectivity index (χ1n) is 14.0. The van der Waals surface area contributed by atoms with Gasteiger partial charge in [0.1, 0.15) is 6.29 Å². The fourth-order valence-electron chi connectivity index (χ4n) is 5.05. The lowest BCUT2D eigenvalue weighted by molar-refractivity contribution is -0.110. The molecular formula is C32H35N5O5. The Labute approximate surface area is 245 Å². The van der Waals surface area contributed by atoms with Crippen molar-refractivity contribution in [3.63, 3.8) is 0 Å². The van der Waals surface area contributed by atoms with E-state index in [0.29, 0.717) is 45.9 Å². The second-order valence-electron chi connectivity index (χ2n) is 10.2. The lowest BCUT2D eigenvalue weighted by atomic mass is 9.99. The van der Waals surface area contributed by atoms with Gasteiger partial charge in [0, 0.05) is 74.4 Å². The number of rotatable bonds is 12. The number of aldehydes is 1. The van der Waals surface area contributed by atoms with Gasteiger partial charge in [-0.15, -0.1) is 0 Å². The zero-order valence-corrected chi connectivity index (χ0v) is 23.6. The first-order chi connectivity index (χ1) is 20.6. The lowest BCUT2D eigenvalue weighted by Crippen LogP contribution is -2.48. The summed E-state index contributed by atoms with van der Waals surface area (Å²) in [5, 5.41) is 6.24. The third-order valence-electron chi connectivity index (χ3n) is 7.40. The summed E-state index contributed by atoms with van der Waals surface area (Å²) in [6.07, 6.45) is 0.750. The van der Waals surface area contributed by atoms with Crippen molar-refractivity contribution in [3.05, 3.63) is 95.1 Å². The lowest BCUT2D eigenvalue weighted by Gasteiger charge is -2.34. The van der Waals surface area contributed by atoms with Gasteiger partial charge in [-0.3, -0.25) is 29.0 Å². The number of benzene rings is 3. The highest BCUT2D eigenvalue weighted by Crippen LogP contribution is 2.37. The van der Waals surface area contributed by atoms with Crippen LogP contribution in [0.3, 0.4) is 0 Å². The number of hydroxylamine groups is 1. The van der Waals surface area contributed by atoms with E-state index in [-0.39, 0.29) is 11.8 Å². The third kappa shape index (κ3) is 7.10. The van der Waals surface area contributed by atoms with Crippen LogP contribution in [0.25, 0.3) is 11.3 Å². The van der Waals surface area contributed by atoms with Crippen molar-refractivity contribution in [2.75, 3.05) is 70.2 Å². The number of ether oxygens (including phenoxy) is 1. The number of piperazine rings is 1. The average molecular weight is 570 g/mol. The first kappa shape index (κ1) is 29.2. The van der Waals surface area contributed by atoms with E-state index in [0.717, 1.165) is 57.7 Å². The normalized spacial score (nSPS) is 16.5. The third-order valence-corrected chi connectivity index (χ3v) is 7.40. The molecule has 2 heterocycles. The number of methoxy groups -OCH3 is 1. The van der Waals surface area contributed by atoms with E-state index in [4.69, 9.17) is 9.57 Å². The molecule has 0 saturated carbocycles. The molecule has 10 nitrogen and oxygen atoms in total. The molecule has 2 aliphatic heterocycles. The van der Waals surface area contributed by atoms with Crippen molar-refractivity contribution in [2.45, 2.75) is 0 Å². The fraction of sp³-hybridized carbons (Fsp3) is 0.281. The highest BCUT2D eigenvalue weighted by Gasteiger charge is 2.28. The van der Waals surface area contributed by atoms with Gasteiger partial charge in [-0.25, -0.2) is 5.48 Å². The number of carbonyl (C=O) groups excluding carboxylic acids is 3. The number of amides is 2. The minimum absolute atomic E-state index is 0.263. The average Bonchev–Trinajstić information content (AvgIpc) is 3.36. The molecule has 0 spiro atoms. The number of hydrogen-bond donors (Lipinski definition) is 3. The maximum Gasteiger partial charge on any atom is 0.274 e. The molecule has 0 atom stereocenters. The number of nitrogens with one attached hydrogen (secondary N) is 3.